The highest BCUT2D eigenvalue weighted by Crippen LogP contribution is 2.21. The zero-order valence-electron chi connectivity index (χ0n) is 17.9. The number of rotatable bonds is 6. The number of carbonyl (C=O) groups excluding carboxylic acids is 3. The topological polar surface area (TPSA) is 94.7 Å². The lowest BCUT2D eigenvalue weighted by Gasteiger charge is -2.28. The molecule has 1 aliphatic heterocycles. The van der Waals surface area contributed by atoms with Gasteiger partial charge in [0.15, 0.2) is 5.78 Å². The third kappa shape index (κ3) is 4.71. The molecule has 1 fully saturated rings. The van der Waals surface area contributed by atoms with E-state index in [2.05, 4.69) is 15.2 Å². The van der Waals surface area contributed by atoms with E-state index in [1.165, 1.54) is 11.8 Å². The fourth-order valence-corrected chi connectivity index (χ4v) is 3.75. The summed E-state index contributed by atoms with van der Waals surface area (Å²) in [6.07, 6.45) is 0. The lowest BCUT2D eigenvalue weighted by Crippen LogP contribution is -2.36. The number of aromatic nitrogens is 1. The SMILES string of the molecule is CC(=O)c1c(C)[nH]c(C(=O)N(C)CC(=O)Nc2ccc(N3CCOCC3)cc2)c1C. The van der Waals surface area contributed by atoms with E-state index in [0.717, 1.165) is 18.8 Å². The third-order valence-corrected chi connectivity index (χ3v) is 5.26. The molecule has 1 saturated heterocycles. The second-order valence-corrected chi connectivity index (χ2v) is 7.54. The van der Waals surface area contributed by atoms with E-state index in [-0.39, 0.29) is 24.1 Å². The number of morpholine rings is 1. The molecule has 2 amide bonds. The van der Waals surface area contributed by atoms with Crippen molar-refractivity contribution in [3.63, 3.8) is 0 Å². The van der Waals surface area contributed by atoms with E-state index in [4.69, 9.17) is 4.74 Å². The molecule has 2 heterocycles. The van der Waals surface area contributed by atoms with Crippen LogP contribution < -0.4 is 10.2 Å². The van der Waals surface area contributed by atoms with Gasteiger partial charge in [0.25, 0.3) is 5.91 Å². The number of anilines is 2. The Balaban J connectivity index is 1.60. The minimum absolute atomic E-state index is 0.0961. The summed E-state index contributed by atoms with van der Waals surface area (Å²) in [5.74, 6) is -0.722. The molecule has 1 aromatic heterocycles. The number of hydrogen-bond donors (Lipinski definition) is 2. The fourth-order valence-electron chi connectivity index (χ4n) is 3.75. The molecular formula is C22H28N4O4. The van der Waals surface area contributed by atoms with Crippen molar-refractivity contribution in [1.82, 2.24) is 9.88 Å². The van der Waals surface area contributed by atoms with Crippen LogP contribution in [0.5, 0.6) is 0 Å². The van der Waals surface area contributed by atoms with E-state index in [1.54, 1.807) is 20.9 Å². The second-order valence-electron chi connectivity index (χ2n) is 7.54. The number of benzene rings is 1. The molecule has 0 spiro atoms. The smallest absolute Gasteiger partial charge is 0.270 e. The normalized spacial score (nSPS) is 13.8. The third-order valence-electron chi connectivity index (χ3n) is 5.26. The van der Waals surface area contributed by atoms with Gasteiger partial charge in [0, 0.05) is 42.8 Å². The maximum Gasteiger partial charge on any atom is 0.270 e. The summed E-state index contributed by atoms with van der Waals surface area (Å²) in [6.45, 7) is 7.99. The molecule has 0 radical (unpaired) electrons. The Morgan fingerprint density at radius 1 is 1.13 bits per heavy atom. The van der Waals surface area contributed by atoms with E-state index in [1.807, 2.05) is 24.3 Å². The summed E-state index contributed by atoms with van der Waals surface area (Å²) in [7, 11) is 1.56. The van der Waals surface area contributed by atoms with Crippen molar-refractivity contribution in [2.75, 3.05) is 50.1 Å². The van der Waals surface area contributed by atoms with Gasteiger partial charge in [-0.2, -0.15) is 0 Å². The zero-order valence-corrected chi connectivity index (χ0v) is 17.9. The van der Waals surface area contributed by atoms with Gasteiger partial charge in [0.2, 0.25) is 5.91 Å². The van der Waals surface area contributed by atoms with Crippen molar-refractivity contribution in [1.29, 1.82) is 0 Å². The van der Waals surface area contributed by atoms with E-state index >= 15 is 0 Å². The summed E-state index contributed by atoms with van der Waals surface area (Å²) < 4.78 is 5.36. The number of ether oxygens (including phenoxy) is 1. The molecule has 0 aliphatic carbocycles. The molecule has 2 aromatic rings. The van der Waals surface area contributed by atoms with Crippen molar-refractivity contribution in [3.05, 3.63) is 46.8 Å². The maximum absolute atomic E-state index is 12.7. The lowest BCUT2D eigenvalue weighted by molar-refractivity contribution is -0.116. The molecule has 1 aromatic carbocycles. The zero-order chi connectivity index (χ0) is 21.8. The van der Waals surface area contributed by atoms with Crippen LogP contribution in [-0.4, -0.2) is 67.4 Å². The predicted molar refractivity (Wildman–Crippen MR) is 115 cm³/mol. The molecule has 0 unspecified atom stereocenters. The number of hydrogen-bond acceptors (Lipinski definition) is 5. The van der Waals surface area contributed by atoms with Crippen molar-refractivity contribution in [2.24, 2.45) is 0 Å². The van der Waals surface area contributed by atoms with Gasteiger partial charge in [-0.15, -0.1) is 0 Å². The quantitative estimate of drug-likeness (QED) is 0.711. The minimum Gasteiger partial charge on any atom is -0.378 e. The molecule has 3 rings (SSSR count). The predicted octanol–water partition coefficient (Wildman–Crippen LogP) is 2.38. The Labute approximate surface area is 176 Å². The van der Waals surface area contributed by atoms with Gasteiger partial charge in [-0.25, -0.2) is 0 Å². The van der Waals surface area contributed by atoms with Gasteiger partial charge in [-0.3, -0.25) is 14.4 Å². The van der Waals surface area contributed by atoms with Gasteiger partial charge in [-0.05, 0) is 50.6 Å². The first-order valence-corrected chi connectivity index (χ1v) is 9.96. The van der Waals surface area contributed by atoms with E-state index in [9.17, 15) is 14.4 Å². The highest BCUT2D eigenvalue weighted by Gasteiger charge is 2.23. The van der Waals surface area contributed by atoms with Gasteiger partial charge < -0.3 is 24.8 Å². The van der Waals surface area contributed by atoms with Crippen molar-refractivity contribution >= 4 is 29.0 Å². The van der Waals surface area contributed by atoms with E-state index < -0.39 is 0 Å². The van der Waals surface area contributed by atoms with Crippen LogP contribution in [0.1, 0.15) is 39.0 Å². The van der Waals surface area contributed by atoms with E-state index in [0.29, 0.717) is 41.4 Å². The highest BCUT2D eigenvalue weighted by atomic mass is 16.5. The molecule has 8 nitrogen and oxygen atoms in total. The summed E-state index contributed by atoms with van der Waals surface area (Å²) in [5.41, 5.74) is 3.88. The number of aryl methyl sites for hydroxylation is 1. The first kappa shape index (κ1) is 21.6. The van der Waals surface area contributed by atoms with Crippen molar-refractivity contribution in [2.45, 2.75) is 20.8 Å². The van der Waals surface area contributed by atoms with Crippen LogP contribution in [0.4, 0.5) is 11.4 Å². The van der Waals surface area contributed by atoms with Crippen LogP contribution in [0.3, 0.4) is 0 Å². The summed E-state index contributed by atoms with van der Waals surface area (Å²) in [5, 5.41) is 2.82. The fraction of sp³-hybridized carbons (Fsp3) is 0.409. The van der Waals surface area contributed by atoms with Crippen LogP contribution in [0.2, 0.25) is 0 Å². The van der Waals surface area contributed by atoms with Crippen LogP contribution >= 0.6 is 0 Å². The highest BCUT2D eigenvalue weighted by molar-refractivity contribution is 6.03. The minimum atomic E-state index is -0.332. The van der Waals surface area contributed by atoms with Gasteiger partial charge >= 0.3 is 0 Å². The first-order chi connectivity index (χ1) is 14.3. The van der Waals surface area contributed by atoms with Crippen LogP contribution in [0, 0.1) is 13.8 Å². The monoisotopic (exact) mass is 412 g/mol. The Morgan fingerprint density at radius 3 is 2.33 bits per heavy atom. The Kier molecular flexibility index (Phi) is 6.56. The Bertz CT molecular complexity index is 943. The molecule has 0 bridgehead atoms. The van der Waals surface area contributed by atoms with Crippen LogP contribution in [0.25, 0.3) is 0 Å². The maximum atomic E-state index is 12.7. The largest absolute Gasteiger partial charge is 0.378 e. The summed E-state index contributed by atoms with van der Waals surface area (Å²) in [4.78, 5) is 43.5. The Hall–Kier alpha value is -3.13. The first-order valence-electron chi connectivity index (χ1n) is 9.96. The number of nitrogens with one attached hydrogen (secondary N) is 2. The number of likely N-dealkylation sites (N-methyl/N-ethyl adjacent to an activating group) is 1. The average Bonchev–Trinajstić information content (AvgIpc) is 3.02. The van der Waals surface area contributed by atoms with Crippen molar-refractivity contribution < 1.29 is 19.1 Å². The van der Waals surface area contributed by atoms with Gasteiger partial charge in [0.05, 0.1) is 19.8 Å². The number of nitrogens with zero attached hydrogens (tertiary/aromatic N) is 2. The lowest BCUT2D eigenvalue weighted by atomic mass is 10.1. The van der Waals surface area contributed by atoms with Crippen LogP contribution in [-0.2, 0) is 9.53 Å². The van der Waals surface area contributed by atoms with Crippen LogP contribution in [0.15, 0.2) is 24.3 Å². The van der Waals surface area contributed by atoms with Gasteiger partial charge in [0.1, 0.15) is 5.69 Å². The van der Waals surface area contributed by atoms with Crippen molar-refractivity contribution in [3.8, 4) is 0 Å². The summed E-state index contributed by atoms with van der Waals surface area (Å²) >= 11 is 0. The number of amides is 2. The molecular weight excluding hydrogens is 384 g/mol. The second kappa shape index (κ2) is 9.13. The average molecular weight is 412 g/mol. The summed E-state index contributed by atoms with van der Waals surface area (Å²) in [6, 6.07) is 7.62. The number of carbonyl (C=O) groups is 3. The number of aromatic amines is 1. The molecule has 2 N–H and O–H groups in total. The molecule has 1 aliphatic rings. The number of ketones is 1. The van der Waals surface area contributed by atoms with Gasteiger partial charge in [-0.1, -0.05) is 0 Å². The number of H-pyrrole nitrogens is 1. The molecule has 0 saturated carbocycles. The Morgan fingerprint density at radius 2 is 1.77 bits per heavy atom. The molecule has 30 heavy (non-hydrogen) atoms. The standard InChI is InChI=1S/C22H28N4O4/c1-14-20(16(3)27)15(2)23-21(14)22(29)25(4)13-19(28)24-17-5-7-18(8-6-17)26-9-11-30-12-10-26/h5-8,23H,9-13H2,1-4H3,(H,24,28). The molecule has 8 heteroatoms. The molecule has 0 atom stereocenters. The molecule has 160 valence electrons. The number of Topliss-reactive ketones (excluding diaryl/α,β-unsaturated/α-hetero) is 1.